The van der Waals surface area contributed by atoms with Crippen molar-refractivity contribution < 1.29 is 0 Å². The van der Waals surface area contributed by atoms with Gasteiger partial charge in [-0.15, -0.1) is 0 Å². The number of halogens is 1. The molecule has 1 rings (SSSR count). The molecule has 0 spiro atoms. The molecule has 0 amide bonds. The molecule has 0 aliphatic carbocycles. The quantitative estimate of drug-likeness (QED) is 0.864. The van der Waals surface area contributed by atoms with E-state index in [0.29, 0.717) is 6.04 Å². The maximum atomic E-state index is 4.31. The highest BCUT2D eigenvalue weighted by molar-refractivity contribution is 9.10. The van der Waals surface area contributed by atoms with Gasteiger partial charge in [-0.1, -0.05) is 6.92 Å². The summed E-state index contributed by atoms with van der Waals surface area (Å²) in [6.45, 7) is 5.28. The van der Waals surface area contributed by atoms with E-state index in [2.05, 4.69) is 44.9 Å². The highest BCUT2D eigenvalue weighted by Crippen LogP contribution is 2.18. The lowest BCUT2D eigenvalue weighted by atomic mass is 10.1. The van der Waals surface area contributed by atoms with Crippen LogP contribution in [0.1, 0.15) is 32.4 Å². The molecule has 86 valence electrons. The van der Waals surface area contributed by atoms with E-state index in [1.807, 2.05) is 13.2 Å². The van der Waals surface area contributed by atoms with Crippen LogP contribution in [0.25, 0.3) is 0 Å². The van der Waals surface area contributed by atoms with Crippen LogP contribution in [0, 0.1) is 0 Å². The number of rotatable bonds is 6. The van der Waals surface area contributed by atoms with E-state index < -0.39 is 0 Å². The lowest BCUT2D eigenvalue weighted by Gasteiger charge is -2.14. The molecule has 0 saturated heterocycles. The standard InChI is InChI=1S/C11H20BrN3/c1-4-9(13-3)6-7-11-10(12)8-14-15(11)5-2/h8-9,13H,4-7H2,1-3H3. The molecular formula is C11H20BrN3. The van der Waals surface area contributed by atoms with Gasteiger partial charge in [-0.3, -0.25) is 4.68 Å². The zero-order valence-corrected chi connectivity index (χ0v) is 11.3. The van der Waals surface area contributed by atoms with E-state index in [9.17, 15) is 0 Å². The van der Waals surface area contributed by atoms with Crippen molar-refractivity contribution in [2.75, 3.05) is 7.05 Å². The highest BCUT2D eigenvalue weighted by atomic mass is 79.9. The van der Waals surface area contributed by atoms with E-state index in [1.54, 1.807) is 0 Å². The van der Waals surface area contributed by atoms with Crippen molar-refractivity contribution in [2.45, 2.75) is 45.7 Å². The van der Waals surface area contributed by atoms with Crippen LogP contribution in [-0.4, -0.2) is 22.9 Å². The Morgan fingerprint density at radius 1 is 1.53 bits per heavy atom. The van der Waals surface area contributed by atoms with Crippen molar-refractivity contribution in [2.24, 2.45) is 0 Å². The summed E-state index contributed by atoms with van der Waals surface area (Å²) in [5, 5.41) is 7.64. The molecule has 0 bridgehead atoms. The second-order valence-electron chi connectivity index (χ2n) is 3.69. The Morgan fingerprint density at radius 2 is 2.27 bits per heavy atom. The van der Waals surface area contributed by atoms with Gasteiger partial charge < -0.3 is 5.32 Å². The van der Waals surface area contributed by atoms with Crippen molar-refractivity contribution >= 4 is 15.9 Å². The first-order valence-electron chi connectivity index (χ1n) is 5.60. The number of hydrogen-bond acceptors (Lipinski definition) is 2. The fraction of sp³-hybridized carbons (Fsp3) is 0.727. The number of hydrogen-bond donors (Lipinski definition) is 1. The predicted octanol–water partition coefficient (Wildman–Crippen LogP) is 2.60. The molecule has 1 aromatic heterocycles. The van der Waals surface area contributed by atoms with Crippen molar-refractivity contribution in [1.29, 1.82) is 0 Å². The second kappa shape index (κ2) is 6.28. The molecule has 0 aliphatic rings. The minimum Gasteiger partial charge on any atom is -0.317 e. The molecule has 0 fully saturated rings. The van der Waals surface area contributed by atoms with E-state index in [4.69, 9.17) is 0 Å². The van der Waals surface area contributed by atoms with Gasteiger partial charge in [0.15, 0.2) is 0 Å². The molecule has 0 aliphatic heterocycles. The van der Waals surface area contributed by atoms with Gasteiger partial charge in [-0.25, -0.2) is 0 Å². The number of nitrogens with zero attached hydrogens (tertiary/aromatic N) is 2. The average Bonchev–Trinajstić information content (AvgIpc) is 2.61. The van der Waals surface area contributed by atoms with Crippen LogP contribution < -0.4 is 5.32 Å². The van der Waals surface area contributed by atoms with Gasteiger partial charge in [-0.05, 0) is 49.2 Å². The molecule has 1 N–H and O–H groups in total. The summed E-state index contributed by atoms with van der Waals surface area (Å²) < 4.78 is 3.20. The number of aryl methyl sites for hydroxylation is 1. The first-order valence-corrected chi connectivity index (χ1v) is 6.39. The smallest absolute Gasteiger partial charge is 0.0635 e. The summed E-state index contributed by atoms with van der Waals surface area (Å²) in [6.07, 6.45) is 5.30. The summed E-state index contributed by atoms with van der Waals surface area (Å²) in [5.41, 5.74) is 1.31. The lowest BCUT2D eigenvalue weighted by molar-refractivity contribution is 0.494. The largest absolute Gasteiger partial charge is 0.317 e. The van der Waals surface area contributed by atoms with Gasteiger partial charge in [0.1, 0.15) is 0 Å². The van der Waals surface area contributed by atoms with Crippen molar-refractivity contribution in [1.82, 2.24) is 15.1 Å². The molecule has 1 aromatic rings. The number of aromatic nitrogens is 2. The Hall–Kier alpha value is -0.350. The molecule has 1 unspecified atom stereocenters. The van der Waals surface area contributed by atoms with Gasteiger partial charge in [0.25, 0.3) is 0 Å². The highest BCUT2D eigenvalue weighted by Gasteiger charge is 2.10. The molecule has 1 atom stereocenters. The minimum atomic E-state index is 0.608. The normalized spacial score (nSPS) is 13.1. The van der Waals surface area contributed by atoms with E-state index in [0.717, 1.165) is 23.9 Å². The van der Waals surface area contributed by atoms with Crippen LogP contribution in [0.15, 0.2) is 10.7 Å². The third-order valence-electron chi connectivity index (χ3n) is 2.83. The van der Waals surface area contributed by atoms with Crippen molar-refractivity contribution in [3.8, 4) is 0 Å². The van der Waals surface area contributed by atoms with Gasteiger partial charge in [-0.2, -0.15) is 5.10 Å². The number of nitrogens with one attached hydrogen (secondary N) is 1. The van der Waals surface area contributed by atoms with Crippen LogP contribution in [-0.2, 0) is 13.0 Å². The van der Waals surface area contributed by atoms with Gasteiger partial charge in [0.2, 0.25) is 0 Å². The van der Waals surface area contributed by atoms with Crippen LogP contribution in [0.4, 0.5) is 0 Å². The van der Waals surface area contributed by atoms with Crippen LogP contribution in [0.5, 0.6) is 0 Å². The van der Waals surface area contributed by atoms with Crippen LogP contribution in [0.2, 0.25) is 0 Å². The van der Waals surface area contributed by atoms with Crippen molar-refractivity contribution in [3.63, 3.8) is 0 Å². The summed E-state index contributed by atoms with van der Waals surface area (Å²) in [4.78, 5) is 0. The topological polar surface area (TPSA) is 29.9 Å². The Kier molecular flexibility index (Phi) is 5.32. The van der Waals surface area contributed by atoms with E-state index in [1.165, 1.54) is 12.1 Å². The van der Waals surface area contributed by atoms with Gasteiger partial charge >= 0.3 is 0 Å². The molecular weight excluding hydrogens is 254 g/mol. The van der Waals surface area contributed by atoms with Crippen LogP contribution >= 0.6 is 15.9 Å². The molecule has 0 saturated carbocycles. The first-order chi connectivity index (χ1) is 7.22. The molecule has 0 radical (unpaired) electrons. The zero-order valence-electron chi connectivity index (χ0n) is 9.76. The van der Waals surface area contributed by atoms with Crippen LogP contribution in [0.3, 0.4) is 0 Å². The van der Waals surface area contributed by atoms with E-state index >= 15 is 0 Å². The molecule has 0 aromatic carbocycles. The average molecular weight is 274 g/mol. The Balaban J connectivity index is 2.59. The van der Waals surface area contributed by atoms with Gasteiger partial charge in [0, 0.05) is 12.6 Å². The molecule has 3 nitrogen and oxygen atoms in total. The maximum absolute atomic E-state index is 4.31. The monoisotopic (exact) mass is 273 g/mol. The minimum absolute atomic E-state index is 0.608. The lowest BCUT2D eigenvalue weighted by Crippen LogP contribution is -2.25. The Labute approximate surface area is 100 Å². The third kappa shape index (κ3) is 3.31. The SMILES string of the molecule is CCC(CCc1c(Br)cnn1CC)NC. The van der Waals surface area contributed by atoms with E-state index in [-0.39, 0.29) is 0 Å². The van der Waals surface area contributed by atoms with Gasteiger partial charge in [0.05, 0.1) is 16.4 Å². The zero-order chi connectivity index (χ0) is 11.3. The fourth-order valence-electron chi connectivity index (χ4n) is 1.77. The summed E-state index contributed by atoms with van der Waals surface area (Å²) in [7, 11) is 2.03. The Morgan fingerprint density at radius 3 is 2.80 bits per heavy atom. The first kappa shape index (κ1) is 12.7. The fourth-order valence-corrected chi connectivity index (χ4v) is 2.27. The summed E-state index contributed by atoms with van der Waals surface area (Å²) in [6, 6.07) is 0.608. The summed E-state index contributed by atoms with van der Waals surface area (Å²) >= 11 is 3.55. The second-order valence-corrected chi connectivity index (χ2v) is 4.54. The molecule has 4 heteroatoms. The molecule has 15 heavy (non-hydrogen) atoms. The summed E-state index contributed by atoms with van der Waals surface area (Å²) in [5.74, 6) is 0. The molecule has 1 heterocycles. The predicted molar refractivity (Wildman–Crippen MR) is 67.1 cm³/mol. The third-order valence-corrected chi connectivity index (χ3v) is 3.49. The van der Waals surface area contributed by atoms with Crippen molar-refractivity contribution in [3.05, 3.63) is 16.4 Å². The maximum Gasteiger partial charge on any atom is 0.0635 e. The Bertz CT molecular complexity index is 292.